The van der Waals surface area contributed by atoms with Crippen molar-refractivity contribution in [1.82, 2.24) is 4.90 Å². The SMILES string of the molecule is COC(=O)[C@H]1CN(Cc2ccc(OC)cc2OC)C(=O)[C@@H]1C. The van der Waals surface area contributed by atoms with Crippen LogP contribution >= 0.6 is 0 Å². The van der Waals surface area contributed by atoms with E-state index >= 15 is 0 Å². The van der Waals surface area contributed by atoms with Crippen LogP contribution in [0.4, 0.5) is 0 Å². The molecule has 0 saturated carbocycles. The molecule has 0 radical (unpaired) electrons. The Balaban J connectivity index is 2.17. The summed E-state index contributed by atoms with van der Waals surface area (Å²) >= 11 is 0. The quantitative estimate of drug-likeness (QED) is 0.771. The average Bonchev–Trinajstić information content (AvgIpc) is 2.83. The molecule has 1 aromatic carbocycles. The molecule has 0 bridgehead atoms. The van der Waals surface area contributed by atoms with Crippen LogP contribution in [0.3, 0.4) is 0 Å². The number of ether oxygens (including phenoxy) is 3. The van der Waals surface area contributed by atoms with Crippen LogP contribution in [-0.2, 0) is 20.9 Å². The molecular formula is C16H21NO5. The van der Waals surface area contributed by atoms with Crippen molar-refractivity contribution in [1.29, 1.82) is 0 Å². The number of carbonyl (C=O) groups excluding carboxylic acids is 2. The Labute approximate surface area is 129 Å². The first-order valence-electron chi connectivity index (χ1n) is 7.09. The van der Waals surface area contributed by atoms with Crippen LogP contribution in [0, 0.1) is 11.8 Å². The molecule has 2 rings (SSSR count). The number of esters is 1. The number of likely N-dealkylation sites (tertiary alicyclic amines) is 1. The van der Waals surface area contributed by atoms with E-state index in [0.29, 0.717) is 24.6 Å². The molecule has 0 aliphatic carbocycles. The highest BCUT2D eigenvalue weighted by Gasteiger charge is 2.42. The van der Waals surface area contributed by atoms with E-state index in [0.717, 1.165) is 5.56 Å². The Hall–Kier alpha value is -2.24. The highest BCUT2D eigenvalue weighted by Crippen LogP contribution is 2.30. The zero-order valence-corrected chi connectivity index (χ0v) is 13.3. The average molecular weight is 307 g/mol. The summed E-state index contributed by atoms with van der Waals surface area (Å²) in [5, 5.41) is 0. The molecule has 120 valence electrons. The molecule has 6 heteroatoms. The molecule has 1 heterocycles. The molecule has 1 aromatic rings. The van der Waals surface area contributed by atoms with Gasteiger partial charge < -0.3 is 19.1 Å². The first kappa shape index (κ1) is 16.1. The second kappa shape index (κ2) is 6.68. The van der Waals surface area contributed by atoms with Crippen LogP contribution in [0.5, 0.6) is 11.5 Å². The molecule has 1 saturated heterocycles. The number of rotatable bonds is 5. The third-order valence-corrected chi connectivity index (χ3v) is 4.08. The van der Waals surface area contributed by atoms with Gasteiger partial charge in [0.1, 0.15) is 11.5 Å². The van der Waals surface area contributed by atoms with Crippen LogP contribution in [-0.4, -0.2) is 44.7 Å². The van der Waals surface area contributed by atoms with E-state index in [-0.39, 0.29) is 17.8 Å². The standard InChI is InChI=1S/C16H21NO5/c1-10-13(16(19)22-4)9-17(15(10)18)8-11-5-6-12(20-2)7-14(11)21-3/h5-7,10,13H,8-9H2,1-4H3/t10-,13+/m1/s1. The molecular weight excluding hydrogens is 286 g/mol. The molecule has 6 nitrogen and oxygen atoms in total. The van der Waals surface area contributed by atoms with Crippen molar-refractivity contribution in [3.05, 3.63) is 23.8 Å². The fourth-order valence-corrected chi connectivity index (χ4v) is 2.71. The van der Waals surface area contributed by atoms with Gasteiger partial charge in [0.15, 0.2) is 0 Å². The molecule has 0 aromatic heterocycles. The molecule has 1 amide bonds. The van der Waals surface area contributed by atoms with Gasteiger partial charge in [-0.05, 0) is 12.1 Å². The summed E-state index contributed by atoms with van der Waals surface area (Å²) in [7, 11) is 4.50. The Bertz CT molecular complexity index is 572. The Morgan fingerprint density at radius 1 is 1.27 bits per heavy atom. The summed E-state index contributed by atoms with van der Waals surface area (Å²) < 4.78 is 15.3. The van der Waals surface area contributed by atoms with Gasteiger partial charge in [-0.15, -0.1) is 0 Å². The van der Waals surface area contributed by atoms with E-state index in [9.17, 15) is 9.59 Å². The molecule has 1 aliphatic heterocycles. The van der Waals surface area contributed by atoms with Crippen LogP contribution in [0.1, 0.15) is 12.5 Å². The van der Waals surface area contributed by atoms with Gasteiger partial charge >= 0.3 is 5.97 Å². The summed E-state index contributed by atoms with van der Waals surface area (Å²) in [6, 6.07) is 5.46. The third-order valence-electron chi connectivity index (χ3n) is 4.08. The number of hydrogen-bond donors (Lipinski definition) is 0. The van der Waals surface area contributed by atoms with Crippen molar-refractivity contribution in [2.75, 3.05) is 27.9 Å². The van der Waals surface area contributed by atoms with Gasteiger partial charge in [-0.2, -0.15) is 0 Å². The summed E-state index contributed by atoms with van der Waals surface area (Å²) in [5.74, 6) is 0.173. The number of nitrogens with zero attached hydrogens (tertiary/aromatic N) is 1. The summed E-state index contributed by atoms with van der Waals surface area (Å²) in [6.07, 6.45) is 0. The van der Waals surface area contributed by atoms with Gasteiger partial charge in [0.2, 0.25) is 5.91 Å². The second-order valence-electron chi connectivity index (χ2n) is 5.31. The minimum Gasteiger partial charge on any atom is -0.497 e. The second-order valence-corrected chi connectivity index (χ2v) is 5.31. The first-order valence-corrected chi connectivity index (χ1v) is 7.09. The third kappa shape index (κ3) is 3.00. The van der Waals surface area contributed by atoms with E-state index < -0.39 is 5.92 Å². The topological polar surface area (TPSA) is 65.1 Å². The number of hydrogen-bond acceptors (Lipinski definition) is 5. The number of benzene rings is 1. The number of amides is 1. The van der Waals surface area contributed by atoms with Crippen molar-refractivity contribution >= 4 is 11.9 Å². The van der Waals surface area contributed by atoms with Crippen molar-refractivity contribution in [2.45, 2.75) is 13.5 Å². The maximum Gasteiger partial charge on any atom is 0.311 e. The lowest BCUT2D eigenvalue weighted by Gasteiger charge is -2.18. The minimum absolute atomic E-state index is 0.0479. The van der Waals surface area contributed by atoms with Gasteiger partial charge in [-0.25, -0.2) is 0 Å². The van der Waals surface area contributed by atoms with Crippen LogP contribution in [0.15, 0.2) is 18.2 Å². The van der Waals surface area contributed by atoms with Gasteiger partial charge in [0, 0.05) is 24.7 Å². The fourth-order valence-electron chi connectivity index (χ4n) is 2.71. The largest absolute Gasteiger partial charge is 0.497 e. The highest BCUT2D eigenvalue weighted by molar-refractivity contribution is 5.88. The van der Waals surface area contributed by atoms with Crippen LogP contribution in [0.25, 0.3) is 0 Å². The van der Waals surface area contributed by atoms with Crippen molar-refractivity contribution in [2.24, 2.45) is 11.8 Å². The van der Waals surface area contributed by atoms with Crippen molar-refractivity contribution in [3.63, 3.8) is 0 Å². The van der Waals surface area contributed by atoms with Crippen LogP contribution < -0.4 is 9.47 Å². The summed E-state index contributed by atoms with van der Waals surface area (Å²) in [4.78, 5) is 25.7. The maximum atomic E-state index is 12.3. The van der Waals surface area contributed by atoms with Gasteiger partial charge in [0.25, 0.3) is 0 Å². The molecule has 1 aliphatic rings. The highest BCUT2D eigenvalue weighted by atomic mass is 16.5. The molecule has 0 unspecified atom stereocenters. The number of carbonyl (C=O) groups is 2. The van der Waals surface area contributed by atoms with Gasteiger partial charge in [0.05, 0.1) is 33.2 Å². The fraction of sp³-hybridized carbons (Fsp3) is 0.500. The molecule has 22 heavy (non-hydrogen) atoms. The molecule has 2 atom stereocenters. The molecule has 0 N–H and O–H groups in total. The lowest BCUT2D eigenvalue weighted by Crippen LogP contribution is -2.26. The molecule has 1 fully saturated rings. The predicted molar refractivity (Wildman–Crippen MR) is 79.6 cm³/mol. The van der Waals surface area contributed by atoms with E-state index in [1.165, 1.54) is 7.11 Å². The van der Waals surface area contributed by atoms with E-state index in [2.05, 4.69) is 0 Å². The van der Waals surface area contributed by atoms with Crippen molar-refractivity contribution in [3.8, 4) is 11.5 Å². The monoisotopic (exact) mass is 307 g/mol. The normalized spacial score (nSPS) is 20.9. The Morgan fingerprint density at radius 2 is 2.00 bits per heavy atom. The van der Waals surface area contributed by atoms with Gasteiger partial charge in [-0.3, -0.25) is 9.59 Å². The molecule has 0 spiro atoms. The van der Waals surface area contributed by atoms with Gasteiger partial charge in [-0.1, -0.05) is 6.92 Å². The zero-order valence-electron chi connectivity index (χ0n) is 13.3. The van der Waals surface area contributed by atoms with E-state index in [1.807, 2.05) is 12.1 Å². The lowest BCUT2D eigenvalue weighted by atomic mass is 9.98. The Kier molecular flexibility index (Phi) is 4.90. The first-order chi connectivity index (χ1) is 10.5. The summed E-state index contributed by atoms with van der Waals surface area (Å²) in [6.45, 7) is 2.51. The zero-order chi connectivity index (χ0) is 16.3. The summed E-state index contributed by atoms with van der Waals surface area (Å²) in [5.41, 5.74) is 0.870. The maximum absolute atomic E-state index is 12.3. The predicted octanol–water partition coefficient (Wildman–Crippen LogP) is 1.47. The smallest absolute Gasteiger partial charge is 0.311 e. The lowest BCUT2D eigenvalue weighted by molar-refractivity contribution is -0.147. The van der Waals surface area contributed by atoms with E-state index in [4.69, 9.17) is 14.2 Å². The van der Waals surface area contributed by atoms with E-state index in [1.54, 1.807) is 32.1 Å². The van der Waals surface area contributed by atoms with Crippen molar-refractivity contribution < 1.29 is 23.8 Å². The van der Waals surface area contributed by atoms with Crippen LogP contribution in [0.2, 0.25) is 0 Å². The minimum atomic E-state index is -0.415. The Morgan fingerprint density at radius 3 is 2.59 bits per heavy atom. The number of methoxy groups -OCH3 is 3.